The standard InChI is InChI=1S/C24H20ClN3O3/c25-14-22(29)26-18-10-6-9-17(13-18)20(15-28(30)31)23-19-11-4-5-12-21(19)27-24(23)16-7-2-1-3-8-16/h1-13,20,27H,14-15H2,(H,26,29). The minimum absolute atomic E-state index is 0.164. The third-order valence-electron chi connectivity index (χ3n) is 5.18. The van der Waals surface area contributed by atoms with Gasteiger partial charge in [-0.1, -0.05) is 60.7 Å². The summed E-state index contributed by atoms with van der Waals surface area (Å²) in [7, 11) is 0. The average molecular weight is 434 g/mol. The fraction of sp³-hybridized carbons (Fsp3) is 0.125. The number of para-hydroxylation sites is 1. The summed E-state index contributed by atoms with van der Waals surface area (Å²) in [6, 6.07) is 24.7. The van der Waals surface area contributed by atoms with Crippen molar-refractivity contribution in [2.24, 2.45) is 0 Å². The van der Waals surface area contributed by atoms with Crippen LogP contribution in [0.1, 0.15) is 17.0 Å². The molecule has 0 aliphatic heterocycles. The number of fused-ring (bicyclic) bond motifs is 1. The summed E-state index contributed by atoms with van der Waals surface area (Å²) in [6.07, 6.45) is 0. The summed E-state index contributed by atoms with van der Waals surface area (Å²) >= 11 is 5.60. The fourth-order valence-corrected chi connectivity index (χ4v) is 3.96. The summed E-state index contributed by atoms with van der Waals surface area (Å²) in [5.41, 5.74) is 4.87. The highest BCUT2D eigenvalue weighted by Gasteiger charge is 2.27. The molecule has 1 heterocycles. The average Bonchev–Trinajstić information content (AvgIpc) is 3.17. The van der Waals surface area contributed by atoms with E-state index in [2.05, 4.69) is 10.3 Å². The summed E-state index contributed by atoms with van der Waals surface area (Å²) in [5.74, 6) is -1.01. The van der Waals surface area contributed by atoms with E-state index in [4.69, 9.17) is 11.6 Å². The van der Waals surface area contributed by atoms with Crippen LogP contribution in [0.5, 0.6) is 0 Å². The number of nitro groups is 1. The van der Waals surface area contributed by atoms with Crippen molar-refractivity contribution in [1.29, 1.82) is 0 Å². The van der Waals surface area contributed by atoms with Crippen LogP contribution < -0.4 is 5.32 Å². The number of benzene rings is 3. The van der Waals surface area contributed by atoms with Crippen molar-refractivity contribution in [3.8, 4) is 11.3 Å². The Balaban J connectivity index is 1.91. The molecule has 1 amide bonds. The van der Waals surface area contributed by atoms with Gasteiger partial charge >= 0.3 is 0 Å². The highest BCUT2D eigenvalue weighted by atomic mass is 35.5. The number of carbonyl (C=O) groups excluding carboxylic acids is 1. The SMILES string of the molecule is O=C(CCl)Nc1cccc(C(C[N+](=O)[O-])c2c(-c3ccccc3)[nH]c3ccccc23)c1. The van der Waals surface area contributed by atoms with Crippen LogP contribution in [0.3, 0.4) is 0 Å². The number of anilines is 1. The Kier molecular flexibility index (Phi) is 6.00. The van der Waals surface area contributed by atoms with Gasteiger partial charge in [-0.15, -0.1) is 11.6 Å². The number of halogens is 1. The molecule has 0 saturated heterocycles. The van der Waals surface area contributed by atoms with E-state index in [1.165, 1.54) is 0 Å². The van der Waals surface area contributed by atoms with Crippen molar-refractivity contribution in [3.05, 3.63) is 100 Å². The maximum absolute atomic E-state index is 11.7. The van der Waals surface area contributed by atoms with Gasteiger partial charge in [0.2, 0.25) is 12.5 Å². The van der Waals surface area contributed by atoms with E-state index in [0.717, 1.165) is 33.3 Å². The van der Waals surface area contributed by atoms with Crippen LogP contribution in [-0.2, 0) is 4.79 Å². The monoisotopic (exact) mass is 433 g/mol. The maximum Gasteiger partial charge on any atom is 0.239 e. The molecule has 0 spiro atoms. The van der Waals surface area contributed by atoms with E-state index >= 15 is 0 Å². The first-order valence-electron chi connectivity index (χ1n) is 9.80. The van der Waals surface area contributed by atoms with E-state index in [-0.39, 0.29) is 23.3 Å². The molecule has 6 nitrogen and oxygen atoms in total. The minimum Gasteiger partial charge on any atom is -0.354 e. The highest BCUT2D eigenvalue weighted by molar-refractivity contribution is 6.29. The molecule has 7 heteroatoms. The molecular weight excluding hydrogens is 414 g/mol. The predicted molar refractivity (Wildman–Crippen MR) is 123 cm³/mol. The van der Waals surface area contributed by atoms with Gasteiger partial charge in [0.05, 0.1) is 11.6 Å². The molecule has 0 radical (unpaired) electrons. The Labute approximate surface area is 184 Å². The first kappa shape index (κ1) is 20.6. The second-order valence-corrected chi connectivity index (χ2v) is 7.47. The summed E-state index contributed by atoms with van der Waals surface area (Å²) < 4.78 is 0. The van der Waals surface area contributed by atoms with Gasteiger partial charge in [-0.05, 0) is 34.9 Å². The summed E-state index contributed by atoms with van der Waals surface area (Å²) in [5, 5.41) is 15.3. The molecule has 2 N–H and O–H groups in total. The number of aromatic nitrogens is 1. The molecule has 0 aliphatic carbocycles. The third-order valence-corrected chi connectivity index (χ3v) is 5.43. The van der Waals surface area contributed by atoms with Crippen LogP contribution in [0, 0.1) is 10.1 Å². The van der Waals surface area contributed by atoms with E-state index in [1.807, 2.05) is 60.7 Å². The van der Waals surface area contributed by atoms with Gasteiger partial charge < -0.3 is 10.3 Å². The number of amides is 1. The molecule has 0 fully saturated rings. The highest BCUT2D eigenvalue weighted by Crippen LogP contribution is 2.39. The minimum atomic E-state index is -0.519. The van der Waals surface area contributed by atoms with E-state index < -0.39 is 5.92 Å². The first-order valence-corrected chi connectivity index (χ1v) is 10.3. The Bertz CT molecular complexity index is 1240. The first-order chi connectivity index (χ1) is 15.1. The van der Waals surface area contributed by atoms with Gasteiger partial charge in [0.15, 0.2) is 0 Å². The zero-order valence-electron chi connectivity index (χ0n) is 16.5. The Morgan fingerprint density at radius 3 is 2.52 bits per heavy atom. The van der Waals surface area contributed by atoms with Gasteiger partial charge in [-0.25, -0.2) is 0 Å². The lowest BCUT2D eigenvalue weighted by molar-refractivity contribution is -0.481. The van der Waals surface area contributed by atoms with Crippen LogP contribution >= 0.6 is 11.6 Å². The number of aromatic amines is 1. The number of H-pyrrole nitrogens is 1. The second-order valence-electron chi connectivity index (χ2n) is 7.20. The van der Waals surface area contributed by atoms with Gasteiger partial charge in [0.25, 0.3) is 0 Å². The van der Waals surface area contributed by atoms with Crippen LogP contribution in [-0.4, -0.2) is 28.2 Å². The molecule has 0 bridgehead atoms. The molecule has 156 valence electrons. The molecule has 1 unspecified atom stereocenters. The fourth-order valence-electron chi connectivity index (χ4n) is 3.90. The molecule has 0 saturated carbocycles. The van der Waals surface area contributed by atoms with Gasteiger partial charge in [0.1, 0.15) is 5.88 Å². The van der Waals surface area contributed by atoms with Crippen LogP contribution in [0.4, 0.5) is 5.69 Å². The smallest absolute Gasteiger partial charge is 0.239 e. The van der Waals surface area contributed by atoms with Crippen molar-refractivity contribution in [2.75, 3.05) is 17.7 Å². The summed E-state index contributed by atoms with van der Waals surface area (Å²) in [4.78, 5) is 26.6. The Morgan fingerprint density at radius 1 is 1.03 bits per heavy atom. The van der Waals surface area contributed by atoms with Crippen molar-refractivity contribution < 1.29 is 9.72 Å². The lowest BCUT2D eigenvalue weighted by atomic mass is 9.87. The van der Waals surface area contributed by atoms with Crippen molar-refractivity contribution >= 4 is 34.1 Å². The Hall–Kier alpha value is -3.64. The number of nitrogens with zero attached hydrogens (tertiary/aromatic N) is 1. The number of hydrogen-bond acceptors (Lipinski definition) is 3. The topological polar surface area (TPSA) is 88.0 Å². The molecule has 1 atom stereocenters. The number of nitrogens with one attached hydrogen (secondary N) is 2. The van der Waals surface area contributed by atoms with Crippen LogP contribution in [0.25, 0.3) is 22.2 Å². The summed E-state index contributed by atoms with van der Waals surface area (Å²) in [6.45, 7) is -0.283. The third kappa shape index (κ3) is 4.44. The Morgan fingerprint density at radius 2 is 1.77 bits per heavy atom. The lowest BCUT2D eigenvalue weighted by Crippen LogP contribution is -2.16. The van der Waals surface area contributed by atoms with Crippen LogP contribution in [0.15, 0.2) is 78.9 Å². The van der Waals surface area contributed by atoms with E-state index in [9.17, 15) is 14.9 Å². The van der Waals surface area contributed by atoms with Crippen molar-refractivity contribution in [2.45, 2.75) is 5.92 Å². The number of hydrogen-bond donors (Lipinski definition) is 2. The molecular formula is C24H20ClN3O3. The quantitative estimate of drug-likeness (QED) is 0.231. The predicted octanol–water partition coefficient (Wildman–Crippen LogP) is 5.42. The van der Waals surface area contributed by atoms with E-state index in [0.29, 0.717) is 5.69 Å². The maximum atomic E-state index is 11.7. The van der Waals surface area contributed by atoms with Crippen molar-refractivity contribution in [3.63, 3.8) is 0 Å². The largest absolute Gasteiger partial charge is 0.354 e. The lowest BCUT2D eigenvalue weighted by Gasteiger charge is -2.17. The zero-order chi connectivity index (χ0) is 21.8. The molecule has 0 aliphatic rings. The molecule has 3 aromatic carbocycles. The van der Waals surface area contributed by atoms with Gasteiger partial charge in [0, 0.05) is 21.5 Å². The molecule has 4 aromatic rings. The molecule has 1 aromatic heterocycles. The molecule has 4 rings (SSSR count). The van der Waals surface area contributed by atoms with Gasteiger partial charge in [-0.2, -0.15) is 0 Å². The van der Waals surface area contributed by atoms with Crippen LogP contribution in [0.2, 0.25) is 0 Å². The number of alkyl halides is 1. The number of carbonyl (C=O) groups is 1. The second kappa shape index (κ2) is 9.02. The molecule has 31 heavy (non-hydrogen) atoms. The van der Waals surface area contributed by atoms with Crippen molar-refractivity contribution in [1.82, 2.24) is 4.98 Å². The number of rotatable bonds is 7. The normalized spacial score (nSPS) is 11.9. The van der Waals surface area contributed by atoms with Gasteiger partial charge in [-0.3, -0.25) is 14.9 Å². The van der Waals surface area contributed by atoms with E-state index in [1.54, 1.807) is 18.2 Å². The zero-order valence-corrected chi connectivity index (χ0v) is 17.3.